The predicted molar refractivity (Wildman–Crippen MR) is 52.4 cm³/mol. The van der Waals surface area contributed by atoms with E-state index in [0.29, 0.717) is 0 Å². The molecule has 2 unspecified atom stereocenters. The van der Waals surface area contributed by atoms with E-state index in [1.165, 1.54) is 12.1 Å². The molecule has 0 saturated carbocycles. The molecule has 0 aliphatic carbocycles. The van der Waals surface area contributed by atoms with Gasteiger partial charge in [0.15, 0.2) is 0 Å². The summed E-state index contributed by atoms with van der Waals surface area (Å²) >= 11 is 0. The lowest BCUT2D eigenvalue weighted by atomic mass is 10.3. The summed E-state index contributed by atoms with van der Waals surface area (Å²) in [7, 11) is 2.00. The molecule has 2 atom stereocenters. The molecular weight excluding hydrogens is 162 g/mol. The maximum absolute atomic E-state index is 4.09. The monoisotopic (exact) mass is 177 g/mol. The first kappa shape index (κ1) is 8.66. The van der Waals surface area contributed by atoms with E-state index in [1.54, 1.807) is 0 Å². The van der Waals surface area contributed by atoms with Crippen molar-refractivity contribution in [3.05, 3.63) is 30.1 Å². The van der Waals surface area contributed by atoms with Crippen LogP contribution in [0.15, 0.2) is 24.5 Å². The Morgan fingerprint density at radius 2 is 2.62 bits per heavy atom. The number of aromatic nitrogens is 1. The zero-order valence-corrected chi connectivity index (χ0v) is 7.90. The Balaban J connectivity index is 1.81. The van der Waals surface area contributed by atoms with Crippen LogP contribution in [0.5, 0.6) is 0 Å². The third-order valence-electron chi connectivity index (χ3n) is 2.38. The molecule has 0 amide bonds. The van der Waals surface area contributed by atoms with E-state index in [1.807, 2.05) is 25.5 Å². The second-order valence-corrected chi connectivity index (χ2v) is 3.50. The second-order valence-electron chi connectivity index (χ2n) is 3.50. The molecule has 70 valence electrons. The Morgan fingerprint density at radius 3 is 3.31 bits per heavy atom. The van der Waals surface area contributed by atoms with E-state index in [4.69, 9.17) is 0 Å². The summed E-state index contributed by atoms with van der Waals surface area (Å²) in [4.78, 5) is 6.53. The lowest BCUT2D eigenvalue weighted by Gasteiger charge is -2.02. The first-order valence-electron chi connectivity index (χ1n) is 4.67. The van der Waals surface area contributed by atoms with Crippen LogP contribution in [0.2, 0.25) is 0 Å². The number of rotatable bonds is 4. The predicted octanol–water partition coefficient (Wildman–Crippen LogP) is 0.485. The highest BCUT2D eigenvalue weighted by Gasteiger charge is 2.32. The molecule has 3 nitrogen and oxygen atoms in total. The van der Waals surface area contributed by atoms with Gasteiger partial charge in [0.1, 0.15) is 0 Å². The Morgan fingerprint density at radius 1 is 1.69 bits per heavy atom. The van der Waals surface area contributed by atoms with Crippen molar-refractivity contribution >= 4 is 0 Å². The quantitative estimate of drug-likeness (QED) is 0.678. The van der Waals surface area contributed by atoms with Crippen LogP contribution in [-0.2, 0) is 6.54 Å². The number of nitrogens with one attached hydrogen (secondary N) is 1. The lowest BCUT2D eigenvalue weighted by Crippen LogP contribution is -2.17. The van der Waals surface area contributed by atoms with Gasteiger partial charge in [0, 0.05) is 38.1 Å². The Labute approximate surface area is 78.8 Å². The van der Waals surface area contributed by atoms with E-state index >= 15 is 0 Å². The Bertz CT molecular complexity index is 260. The second kappa shape index (κ2) is 3.85. The smallest absolute Gasteiger partial charge is 0.0352 e. The SMILES string of the molecule is CNCC1CN1Cc1cccnc1. The van der Waals surface area contributed by atoms with Crippen molar-refractivity contribution in [2.45, 2.75) is 12.6 Å². The fourth-order valence-corrected chi connectivity index (χ4v) is 1.57. The molecule has 3 heteroatoms. The molecule has 0 radical (unpaired) electrons. The van der Waals surface area contributed by atoms with Crippen LogP contribution in [-0.4, -0.2) is 36.1 Å². The van der Waals surface area contributed by atoms with Crippen LogP contribution in [0, 0.1) is 0 Å². The molecule has 1 aromatic rings. The summed E-state index contributed by atoms with van der Waals surface area (Å²) in [6, 6.07) is 4.86. The molecule has 1 aliphatic rings. The molecule has 1 aromatic heterocycles. The van der Waals surface area contributed by atoms with Gasteiger partial charge in [-0.05, 0) is 18.7 Å². The van der Waals surface area contributed by atoms with Crippen molar-refractivity contribution in [2.24, 2.45) is 0 Å². The summed E-state index contributed by atoms with van der Waals surface area (Å²) in [5.74, 6) is 0. The van der Waals surface area contributed by atoms with Crippen molar-refractivity contribution < 1.29 is 0 Å². The lowest BCUT2D eigenvalue weighted by molar-refractivity contribution is 0.491. The third kappa shape index (κ3) is 2.26. The molecule has 1 N–H and O–H groups in total. The molecule has 1 saturated heterocycles. The number of hydrogen-bond donors (Lipinski definition) is 1. The number of nitrogens with zero attached hydrogens (tertiary/aromatic N) is 2. The highest BCUT2D eigenvalue weighted by atomic mass is 15.3. The van der Waals surface area contributed by atoms with Gasteiger partial charge in [-0.3, -0.25) is 9.88 Å². The van der Waals surface area contributed by atoms with Gasteiger partial charge >= 0.3 is 0 Å². The van der Waals surface area contributed by atoms with Gasteiger partial charge in [-0.2, -0.15) is 0 Å². The molecule has 13 heavy (non-hydrogen) atoms. The van der Waals surface area contributed by atoms with Crippen LogP contribution in [0.25, 0.3) is 0 Å². The van der Waals surface area contributed by atoms with Gasteiger partial charge in [-0.25, -0.2) is 0 Å². The first-order chi connectivity index (χ1) is 6.40. The molecule has 0 bridgehead atoms. The van der Waals surface area contributed by atoms with Crippen LogP contribution in [0.3, 0.4) is 0 Å². The third-order valence-corrected chi connectivity index (χ3v) is 2.38. The molecule has 1 aliphatic heterocycles. The average molecular weight is 177 g/mol. The van der Waals surface area contributed by atoms with Crippen molar-refractivity contribution in [3.8, 4) is 0 Å². The number of likely N-dealkylation sites (N-methyl/N-ethyl adjacent to an activating group) is 1. The van der Waals surface area contributed by atoms with E-state index in [2.05, 4.69) is 21.3 Å². The minimum absolute atomic E-state index is 0.741. The normalized spacial score (nSPS) is 25.9. The minimum Gasteiger partial charge on any atom is -0.318 e. The van der Waals surface area contributed by atoms with Crippen molar-refractivity contribution in [1.29, 1.82) is 0 Å². The maximum Gasteiger partial charge on any atom is 0.0352 e. The minimum atomic E-state index is 0.741. The van der Waals surface area contributed by atoms with Crippen LogP contribution < -0.4 is 5.32 Å². The van der Waals surface area contributed by atoms with E-state index in [-0.39, 0.29) is 0 Å². The van der Waals surface area contributed by atoms with Crippen molar-refractivity contribution in [2.75, 3.05) is 20.1 Å². The standard InChI is InChI=1S/C10H15N3/c1-11-6-10-8-13(10)7-9-3-2-4-12-5-9/h2-5,10-11H,6-8H2,1H3. The molecule has 1 fully saturated rings. The van der Waals surface area contributed by atoms with Crippen LogP contribution in [0.1, 0.15) is 5.56 Å². The summed E-state index contributed by atoms with van der Waals surface area (Å²) in [6.07, 6.45) is 3.76. The maximum atomic E-state index is 4.09. The van der Waals surface area contributed by atoms with E-state index in [9.17, 15) is 0 Å². The van der Waals surface area contributed by atoms with Crippen molar-refractivity contribution in [3.63, 3.8) is 0 Å². The van der Waals surface area contributed by atoms with Crippen LogP contribution >= 0.6 is 0 Å². The van der Waals surface area contributed by atoms with E-state index < -0.39 is 0 Å². The highest BCUT2D eigenvalue weighted by molar-refractivity contribution is 5.10. The first-order valence-corrected chi connectivity index (χ1v) is 4.67. The average Bonchev–Trinajstić information content (AvgIpc) is 2.86. The van der Waals surface area contributed by atoms with Crippen LogP contribution in [0.4, 0.5) is 0 Å². The van der Waals surface area contributed by atoms with Gasteiger partial charge in [0.05, 0.1) is 0 Å². The highest BCUT2D eigenvalue weighted by Crippen LogP contribution is 2.19. The summed E-state index contributed by atoms with van der Waals surface area (Å²) in [6.45, 7) is 3.36. The molecule has 0 aromatic carbocycles. The zero-order valence-electron chi connectivity index (χ0n) is 7.90. The fourth-order valence-electron chi connectivity index (χ4n) is 1.57. The molecule has 2 rings (SSSR count). The van der Waals surface area contributed by atoms with Gasteiger partial charge in [0.2, 0.25) is 0 Å². The Kier molecular flexibility index (Phi) is 2.57. The van der Waals surface area contributed by atoms with Gasteiger partial charge in [-0.15, -0.1) is 0 Å². The number of pyridine rings is 1. The van der Waals surface area contributed by atoms with Gasteiger partial charge in [-0.1, -0.05) is 6.07 Å². The summed E-state index contributed by atoms with van der Waals surface area (Å²) < 4.78 is 0. The van der Waals surface area contributed by atoms with Gasteiger partial charge < -0.3 is 5.32 Å². The van der Waals surface area contributed by atoms with Gasteiger partial charge in [0.25, 0.3) is 0 Å². The zero-order chi connectivity index (χ0) is 9.10. The Hall–Kier alpha value is -0.930. The summed E-state index contributed by atoms with van der Waals surface area (Å²) in [5, 5.41) is 3.19. The van der Waals surface area contributed by atoms with Crippen molar-refractivity contribution in [1.82, 2.24) is 15.2 Å². The topological polar surface area (TPSA) is 27.9 Å². The largest absolute Gasteiger partial charge is 0.318 e. The van der Waals surface area contributed by atoms with E-state index in [0.717, 1.165) is 19.1 Å². The molecule has 2 heterocycles. The fraction of sp³-hybridized carbons (Fsp3) is 0.500. The molecular formula is C10H15N3. The molecule has 0 spiro atoms. The number of hydrogen-bond acceptors (Lipinski definition) is 3. The summed E-state index contributed by atoms with van der Waals surface area (Å²) in [5.41, 5.74) is 1.31.